The molecule has 0 bridgehead atoms. The van der Waals surface area contributed by atoms with E-state index in [1.165, 1.54) is 13.1 Å². The molecule has 0 saturated carbocycles. The lowest BCUT2D eigenvalue weighted by molar-refractivity contribution is -0.176. The second kappa shape index (κ2) is 6.41. The summed E-state index contributed by atoms with van der Waals surface area (Å²) in [6.45, 7) is 0.686. The highest BCUT2D eigenvalue weighted by Crippen LogP contribution is 2.46. The summed E-state index contributed by atoms with van der Waals surface area (Å²) in [5, 5.41) is 14.8. The molecule has 0 fully saturated rings. The molecule has 7 nitrogen and oxygen atoms in total. The summed E-state index contributed by atoms with van der Waals surface area (Å²) >= 11 is 0. The van der Waals surface area contributed by atoms with Crippen molar-refractivity contribution < 1.29 is 18.0 Å². The van der Waals surface area contributed by atoms with Gasteiger partial charge in [-0.3, -0.25) is 15.1 Å². The lowest BCUT2D eigenvalue weighted by atomic mass is 9.78. The molecular weight excluding hydrogens is 397 g/mol. The van der Waals surface area contributed by atoms with Crippen LogP contribution in [0.1, 0.15) is 12.6 Å². The standard InChI is InChI=1S/C20H15F3N6O/c1-11-19(10-30-29-11,20(21,22)23)17-14-5-4-13(9-12(14)6-8-25-17)26-18-16-15(27-28-18)3-2-7-24-16/h2-9H,10H2,1H3,(H2,26,27,28). The van der Waals surface area contributed by atoms with Gasteiger partial charge in [-0.25, -0.2) is 0 Å². The van der Waals surface area contributed by atoms with Crippen molar-refractivity contribution in [3.8, 4) is 0 Å². The third kappa shape index (κ3) is 2.60. The summed E-state index contributed by atoms with van der Waals surface area (Å²) in [5.74, 6) is 0.526. The van der Waals surface area contributed by atoms with E-state index in [2.05, 4.69) is 30.6 Å². The molecule has 1 aliphatic heterocycles. The van der Waals surface area contributed by atoms with Crippen LogP contribution in [0.3, 0.4) is 0 Å². The number of fused-ring (bicyclic) bond motifs is 2. The minimum atomic E-state index is -4.60. The molecule has 1 aliphatic rings. The van der Waals surface area contributed by atoms with Crippen molar-refractivity contribution >= 4 is 39.0 Å². The average molecular weight is 412 g/mol. The number of hydrogen-bond donors (Lipinski definition) is 2. The highest BCUT2D eigenvalue weighted by atomic mass is 19.4. The molecule has 0 saturated heterocycles. The van der Waals surface area contributed by atoms with Gasteiger partial charge >= 0.3 is 6.18 Å². The van der Waals surface area contributed by atoms with Crippen LogP contribution in [0.15, 0.2) is 53.9 Å². The smallest absolute Gasteiger partial charge is 0.394 e. The van der Waals surface area contributed by atoms with Crippen LogP contribution in [-0.4, -0.2) is 38.7 Å². The molecule has 4 heterocycles. The molecule has 1 atom stereocenters. The molecule has 152 valence electrons. The molecule has 3 aromatic heterocycles. The number of oxime groups is 1. The van der Waals surface area contributed by atoms with E-state index >= 15 is 0 Å². The first-order valence-electron chi connectivity index (χ1n) is 9.09. The Bertz CT molecular complexity index is 1300. The van der Waals surface area contributed by atoms with Crippen LogP contribution in [0, 0.1) is 0 Å². The number of nitrogens with zero attached hydrogens (tertiary/aromatic N) is 4. The minimum absolute atomic E-state index is 0.121. The normalized spacial score (nSPS) is 19.1. The monoisotopic (exact) mass is 412 g/mol. The lowest BCUT2D eigenvalue weighted by Crippen LogP contribution is -2.49. The van der Waals surface area contributed by atoms with E-state index in [4.69, 9.17) is 4.84 Å². The second-order valence-electron chi connectivity index (χ2n) is 7.05. The second-order valence-corrected chi connectivity index (χ2v) is 7.05. The summed E-state index contributed by atoms with van der Waals surface area (Å²) < 4.78 is 42.4. The Morgan fingerprint density at radius 1 is 1.13 bits per heavy atom. The Labute approximate surface area is 168 Å². The highest BCUT2D eigenvalue weighted by Gasteiger charge is 2.63. The van der Waals surface area contributed by atoms with Crippen LogP contribution in [-0.2, 0) is 10.3 Å². The zero-order valence-electron chi connectivity index (χ0n) is 15.7. The summed E-state index contributed by atoms with van der Waals surface area (Å²) in [5.41, 5.74) is -0.554. The van der Waals surface area contributed by atoms with E-state index in [1.807, 2.05) is 6.07 Å². The van der Waals surface area contributed by atoms with Gasteiger partial charge in [0.25, 0.3) is 0 Å². The Balaban J connectivity index is 1.60. The highest BCUT2D eigenvalue weighted by molar-refractivity contribution is 6.00. The zero-order valence-corrected chi connectivity index (χ0v) is 15.7. The van der Waals surface area contributed by atoms with Crippen molar-refractivity contribution in [2.75, 3.05) is 11.9 Å². The topological polar surface area (TPSA) is 88.1 Å². The fourth-order valence-corrected chi connectivity index (χ4v) is 3.74. The van der Waals surface area contributed by atoms with Crippen LogP contribution in [0.5, 0.6) is 0 Å². The maximum absolute atomic E-state index is 14.1. The molecule has 1 unspecified atom stereocenters. The number of benzene rings is 1. The van der Waals surface area contributed by atoms with Crippen molar-refractivity contribution in [1.82, 2.24) is 20.2 Å². The van der Waals surface area contributed by atoms with Crippen LogP contribution in [0.2, 0.25) is 0 Å². The van der Waals surface area contributed by atoms with Gasteiger partial charge in [-0.15, -0.1) is 0 Å². The Hall–Kier alpha value is -3.69. The van der Waals surface area contributed by atoms with E-state index in [1.54, 1.807) is 36.5 Å². The van der Waals surface area contributed by atoms with Gasteiger partial charge in [0.1, 0.15) is 12.1 Å². The molecule has 1 aromatic carbocycles. The molecule has 0 radical (unpaired) electrons. The number of aromatic nitrogens is 4. The van der Waals surface area contributed by atoms with E-state index in [-0.39, 0.29) is 11.4 Å². The first-order chi connectivity index (χ1) is 14.4. The first kappa shape index (κ1) is 18.3. The lowest BCUT2D eigenvalue weighted by Gasteiger charge is -2.30. The molecule has 30 heavy (non-hydrogen) atoms. The molecule has 5 rings (SSSR count). The number of nitrogens with one attached hydrogen (secondary N) is 2. The zero-order chi connectivity index (χ0) is 20.9. The van der Waals surface area contributed by atoms with Crippen molar-refractivity contribution in [3.63, 3.8) is 0 Å². The summed E-state index contributed by atoms with van der Waals surface area (Å²) in [6.07, 6.45) is -1.58. The van der Waals surface area contributed by atoms with Crippen LogP contribution in [0.25, 0.3) is 21.8 Å². The van der Waals surface area contributed by atoms with E-state index in [9.17, 15) is 13.2 Å². The fourth-order valence-electron chi connectivity index (χ4n) is 3.74. The van der Waals surface area contributed by atoms with Gasteiger partial charge in [-0.05, 0) is 42.6 Å². The minimum Gasteiger partial charge on any atom is -0.394 e. The SMILES string of the molecule is CC1=NOCC1(c1nccc2cc(Nc3n[nH]c4cccnc34)ccc12)C(F)(F)F. The predicted molar refractivity (Wildman–Crippen MR) is 106 cm³/mol. The molecule has 4 aromatic rings. The Morgan fingerprint density at radius 3 is 2.77 bits per heavy atom. The number of hydrogen-bond acceptors (Lipinski definition) is 6. The van der Waals surface area contributed by atoms with Crippen molar-refractivity contribution in [3.05, 3.63) is 54.5 Å². The van der Waals surface area contributed by atoms with Crippen molar-refractivity contribution in [1.29, 1.82) is 0 Å². The molecule has 0 amide bonds. The number of rotatable bonds is 3. The fraction of sp³-hybridized carbons (Fsp3) is 0.200. The summed E-state index contributed by atoms with van der Waals surface area (Å²) in [4.78, 5) is 13.2. The number of aromatic amines is 1. The largest absolute Gasteiger partial charge is 0.408 e. The van der Waals surface area contributed by atoms with Gasteiger partial charge in [0.05, 0.1) is 16.9 Å². The third-order valence-electron chi connectivity index (χ3n) is 5.34. The van der Waals surface area contributed by atoms with Gasteiger partial charge in [0.2, 0.25) is 0 Å². The maximum atomic E-state index is 14.1. The van der Waals surface area contributed by atoms with Crippen LogP contribution in [0.4, 0.5) is 24.7 Å². The van der Waals surface area contributed by atoms with Crippen LogP contribution >= 0.6 is 0 Å². The number of alkyl halides is 3. The van der Waals surface area contributed by atoms with Gasteiger partial charge in [-0.2, -0.15) is 18.3 Å². The maximum Gasteiger partial charge on any atom is 0.408 e. The summed E-state index contributed by atoms with van der Waals surface area (Å²) in [6, 6.07) is 10.4. The van der Waals surface area contributed by atoms with Crippen molar-refractivity contribution in [2.24, 2.45) is 5.16 Å². The molecule has 10 heteroatoms. The van der Waals surface area contributed by atoms with E-state index in [0.29, 0.717) is 27.8 Å². The molecular formula is C20H15F3N6O. The predicted octanol–water partition coefficient (Wildman–Crippen LogP) is 4.46. The third-order valence-corrected chi connectivity index (χ3v) is 5.34. The number of H-pyrrole nitrogens is 1. The van der Waals surface area contributed by atoms with Crippen molar-refractivity contribution in [2.45, 2.75) is 18.5 Å². The van der Waals surface area contributed by atoms with Gasteiger partial charge in [0.15, 0.2) is 11.2 Å². The van der Waals surface area contributed by atoms with Gasteiger partial charge < -0.3 is 10.2 Å². The van der Waals surface area contributed by atoms with Gasteiger partial charge in [-0.1, -0.05) is 11.2 Å². The molecule has 0 spiro atoms. The average Bonchev–Trinajstić information content (AvgIpc) is 3.31. The number of anilines is 2. The summed E-state index contributed by atoms with van der Waals surface area (Å²) in [7, 11) is 0. The number of pyridine rings is 2. The first-order valence-corrected chi connectivity index (χ1v) is 9.09. The van der Waals surface area contributed by atoms with E-state index < -0.39 is 18.2 Å². The van der Waals surface area contributed by atoms with Gasteiger partial charge in [0, 0.05) is 23.5 Å². The number of halogens is 3. The molecule has 2 N–H and O–H groups in total. The quantitative estimate of drug-likeness (QED) is 0.519. The van der Waals surface area contributed by atoms with Crippen LogP contribution < -0.4 is 5.32 Å². The Kier molecular flexibility index (Phi) is 3.92. The Morgan fingerprint density at radius 2 is 2.00 bits per heavy atom. The molecule has 0 aliphatic carbocycles. The van der Waals surface area contributed by atoms with E-state index in [0.717, 1.165) is 5.52 Å².